The fraction of sp³-hybridized carbons (Fsp3) is 0.375. The van der Waals surface area contributed by atoms with Gasteiger partial charge in [0.1, 0.15) is 0 Å². The van der Waals surface area contributed by atoms with Gasteiger partial charge in [-0.05, 0) is 55.2 Å². The Bertz CT molecular complexity index is 1290. The molecule has 0 amide bonds. The highest BCUT2D eigenvalue weighted by molar-refractivity contribution is 6.14. The van der Waals surface area contributed by atoms with Crippen LogP contribution in [0.1, 0.15) is 79.0 Å². The van der Waals surface area contributed by atoms with Crippen LogP contribution >= 0.6 is 0 Å². The normalized spacial score (nSPS) is 13.0. The van der Waals surface area contributed by atoms with Crippen LogP contribution in [-0.4, -0.2) is 0 Å². The molecule has 0 saturated carbocycles. The monoisotopic (exact) mass is 437 g/mol. The summed E-state index contributed by atoms with van der Waals surface area (Å²) in [5.74, 6) is 0. The van der Waals surface area contributed by atoms with Gasteiger partial charge in [-0.15, -0.1) is 0 Å². The van der Waals surface area contributed by atoms with Gasteiger partial charge < -0.3 is 5.32 Å². The molecule has 0 bridgehead atoms. The van der Waals surface area contributed by atoms with Crippen LogP contribution in [0.15, 0.2) is 66.7 Å². The molecule has 1 N–H and O–H groups in total. The Hall–Kier alpha value is -2.80. The number of benzene rings is 4. The molecule has 0 aliphatic carbocycles. The highest BCUT2D eigenvalue weighted by Crippen LogP contribution is 2.44. The second-order valence-electron chi connectivity index (χ2n) is 12.5. The number of hydrogen-bond donors (Lipinski definition) is 1. The third kappa shape index (κ3) is 4.51. The minimum Gasteiger partial charge on any atom is -0.355 e. The van der Waals surface area contributed by atoms with Crippen molar-refractivity contribution in [2.24, 2.45) is 0 Å². The summed E-state index contributed by atoms with van der Waals surface area (Å²) >= 11 is 0. The Morgan fingerprint density at radius 1 is 0.545 bits per heavy atom. The Morgan fingerprint density at radius 3 is 1.67 bits per heavy atom. The SMILES string of the molecule is CC(C)(C)c1cc(C(C)(C)C)c(Nc2cccc3ccc4ccccc4c23)c(C(C)(C)C)c1. The summed E-state index contributed by atoms with van der Waals surface area (Å²) in [6.45, 7) is 20.9. The molecule has 33 heavy (non-hydrogen) atoms. The Balaban J connectivity index is 2.04. The van der Waals surface area contributed by atoms with Crippen molar-refractivity contribution in [3.8, 4) is 0 Å². The molecule has 0 fully saturated rings. The summed E-state index contributed by atoms with van der Waals surface area (Å²) in [6, 6.07) is 24.6. The maximum absolute atomic E-state index is 3.97. The summed E-state index contributed by atoms with van der Waals surface area (Å²) in [5, 5.41) is 9.08. The van der Waals surface area contributed by atoms with E-state index in [1.165, 1.54) is 49.6 Å². The molecule has 4 rings (SSSR count). The van der Waals surface area contributed by atoms with Gasteiger partial charge in [0.15, 0.2) is 0 Å². The molecule has 172 valence electrons. The molecular formula is C32H39N. The van der Waals surface area contributed by atoms with Crippen molar-refractivity contribution in [1.82, 2.24) is 0 Å². The second-order valence-corrected chi connectivity index (χ2v) is 12.5. The third-order valence-corrected chi connectivity index (χ3v) is 6.65. The highest BCUT2D eigenvalue weighted by atomic mass is 14.9. The van der Waals surface area contributed by atoms with E-state index in [-0.39, 0.29) is 16.2 Å². The van der Waals surface area contributed by atoms with Crippen LogP contribution in [0.4, 0.5) is 11.4 Å². The van der Waals surface area contributed by atoms with Gasteiger partial charge in [0.25, 0.3) is 0 Å². The van der Waals surface area contributed by atoms with Crippen LogP contribution in [0.2, 0.25) is 0 Å². The molecule has 0 saturated heterocycles. The predicted octanol–water partition coefficient (Wildman–Crippen LogP) is 9.63. The smallest absolute Gasteiger partial charge is 0.0470 e. The van der Waals surface area contributed by atoms with Gasteiger partial charge in [0.2, 0.25) is 0 Å². The first-order valence-electron chi connectivity index (χ1n) is 12.1. The molecule has 4 aromatic carbocycles. The van der Waals surface area contributed by atoms with Crippen LogP contribution in [0.3, 0.4) is 0 Å². The van der Waals surface area contributed by atoms with Gasteiger partial charge in [0, 0.05) is 16.8 Å². The first kappa shape index (κ1) is 23.4. The molecule has 0 aliphatic rings. The minimum absolute atomic E-state index is 0.0102. The molecule has 0 atom stereocenters. The first-order valence-corrected chi connectivity index (χ1v) is 12.1. The molecule has 0 spiro atoms. The Morgan fingerprint density at radius 2 is 1.09 bits per heavy atom. The van der Waals surface area contributed by atoms with Crippen LogP contribution in [0, 0.1) is 0 Å². The lowest BCUT2D eigenvalue weighted by molar-refractivity contribution is 0.551. The first-order chi connectivity index (χ1) is 15.3. The van der Waals surface area contributed by atoms with Gasteiger partial charge in [0.05, 0.1) is 0 Å². The summed E-state index contributed by atoms with van der Waals surface area (Å²) in [5.41, 5.74) is 6.67. The van der Waals surface area contributed by atoms with Crippen molar-refractivity contribution in [2.75, 3.05) is 5.32 Å². The van der Waals surface area contributed by atoms with Crippen LogP contribution in [-0.2, 0) is 16.2 Å². The lowest BCUT2D eigenvalue weighted by atomic mass is 9.74. The van der Waals surface area contributed by atoms with E-state index in [0.717, 1.165) is 0 Å². The zero-order valence-electron chi connectivity index (χ0n) is 21.9. The van der Waals surface area contributed by atoms with Crippen molar-refractivity contribution in [3.63, 3.8) is 0 Å². The van der Waals surface area contributed by atoms with E-state index in [4.69, 9.17) is 0 Å². The Labute approximate surface area is 200 Å². The van der Waals surface area contributed by atoms with E-state index in [9.17, 15) is 0 Å². The molecular weight excluding hydrogens is 398 g/mol. The number of nitrogens with one attached hydrogen (secondary N) is 1. The van der Waals surface area contributed by atoms with Crippen molar-refractivity contribution in [3.05, 3.63) is 83.4 Å². The van der Waals surface area contributed by atoms with Crippen LogP contribution in [0.5, 0.6) is 0 Å². The minimum atomic E-state index is 0.0102. The fourth-order valence-corrected chi connectivity index (χ4v) is 4.69. The van der Waals surface area contributed by atoms with Gasteiger partial charge in [-0.2, -0.15) is 0 Å². The van der Waals surface area contributed by atoms with E-state index >= 15 is 0 Å². The van der Waals surface area contributed by atoms with Gasteiger partial charge in [-0.1, -0.05) is 123 Å². The third-order valence-electron chi connectivity index (χ3n) is 6.65. The summed E-state index contributed by atoms with van der Waals surface area (Å²) in [4.78, 5) is 0. The predicted molar refractivity (Wildman–Crippen MR) is 147 cm³/mol. The highest BCUT2D eigenvalue weighted by Gasteiger charge is 2.29. The average Bonchev–Trinajstić information content (AvgIpc) is 2.71. The largest absolute Gasteiger partial charge is 0.355 e. The van der Waals surface area contributed by atoms with E-state index in [2.05, 4.69) is 134 Å². The summed E-state index contributed by atoms with van der Waals surface area (Å²) < 4.78 is 0. The second kappa shape index (κ2) is 7.90. The lowest BCUT2D eigenvalue weighted by Gasteiger charge is -2.34. The quantitative estimate of drug-likeness (QED) is 0.308. The number of hydrogen-bond acceptors (Lipinski definition) is 1. The molecule has 1 nitrogen and oxygen atoms in total. The summed E-state index contributed by atoms with van der Waals surface area (Å²) in [7, 11) is 0. The number of fused-ring (bicyclic) bond motifs is 3. The topological polar surface area (TPSA) is 12.0 Å². The van der Waals surface area contributed by atoms with Crippen LogP contribution < -0.4 is 5.32 Å². The van der Waals surface area contributed by atoms with E-state index in [0.29, 0.717) is 0 Å². The van der Waals surface area contributed by atoms with E-state index in [1.807, 2.05) is 0 Å². The molecule has 0 aliphatic heterocycles. The van der Waals surface area contributed by atoms with Crippen molar-refractivity contribution in [1.29, 1.82) is 0 Å². The lowest BCUT2D eigenvalue weighted by Crippen LogP contribution is -2.23. The molecule has 4 aromatic rings. The molecule has 0 heterocycles. The van der Waals surface area contributed by atoms with Gasteiger partial charge in [-0.25, -0.2) is 0 Å². The zero-order valence-corrected chi connectivity index (χ0v) is 21.9. The molecule has 0 radical (unpaired) electrons. The Kier molecular flexibility index (Phi) is 5.60. The van der Waals surface area contributed by atoms with Gasteiger partial charge >= 0.3 is 0 Å². The molecule has 0 unspecified atom stereocenters. The zero-order chi connectivity index (χ0) is 24.2. The fourth-order valence-electron chi connectivity index (χ4n) is 4.69. The van der Waals surface area contributed by atoms with Crippen molar-refractivity contribution in [2.45, 2.75) is 78.6 Å². The number of rotatable bonds is 2. The van der Waals surface area contributed by atoms with Gasteiger partial charge in [-0.3, -0.25) is 0 Å². The van der Waals surface area contributed by atoms with Crippen molar-refractivity contribution >= 4 is 32.9 Å². The average molecular weight is 438 g/mol. The molecule has 0 aromatic heterocycles. The molecule has 1 heteroatoms. The van der Waals surface area contributed by atoms with Crippen molar-refractivity contribution < 1.29 is 0 Å². The van der Waals surface area contributed by atoms with E-state index in [1.54, 1.807) is 0 Å². The number of anilines is 2. The van der Waals surface area contributed by atoms with E-state index < -0.39 is 0 Å². The summed E-state index contributed by atoms with van der Waals surface area (Å²) in [6.07, 6.45) is 0. The maximum Gasteiger partial charge on any atom is 0.0470 e. The standard InChI is InChI=1S/C32H39N/c1-30(2,3)23-19-25(31(4,5)6)29(26(20-23)32(7,8)9)33-27-16-12-14-22-18-17-21-13-10-11-15-24(21)28(22)27/h10-20,33H,1-9H3. The maximum atomic E-state index is 3.97. The van der Waals surface area contributed by atoms with Crippen LogP contribution in [0.25, 0.3) is 21.5 Å².